The third-order valence-corrected chi connectivity index (χ3v) is 10.8. The van der Waals surface area contributed by atoms with Crippen molar-refractivity contribution >= 4 is 46.7 Å². The molecule has 67 heavy (non-hydrogen) atoms. The topological polar surface area (TPSA) is 219 Å². The monoisotopic (exact) mass is 908 g/mol. The summed E-state index contributed by atoms with van der Waals surface area (Å²) in [5.41, 5.74) is 13.0. The maximum absolute atomic E-state index is 14.6. The normalized spacial score (nSPS) is 11.7. The molecule has 20 nitrogen and oxygen atoms in total. The van der Waals surface area contributed by atoms with Gasteiger partial charge in [-0.25, -0.2) is 18.7 Å². The van der Waals surface area contributed by atoms with Gasteiger partial charge < -0.3 is 40.8 Å². The Balaban J connectivity index is 0.000000183. The second kappa shape index (κ2) is 20.2. The molecule has 5 N–H and O–H groups in total. The number of aryl methyl sites for hydroxylation is 2. The van der Waals surface area contributed by atoms with Crippen molar-refractivity contribution in [2.45, 2.75) is 25.9 Å². The lowest BCUT2D eigenvalue weighted by Crippen LogP contribution is -2.10. The number of imidazole rings is 2. The van der Waals surface area contributed by atoms with Crippen LogP contribution in [0.3, 0.4) is 0 Å². The molecule has 0 fully saturated rings. The largest absolute Gasteiger partial charge is 0.493 e. The van der Waals surface area contributed by atoms with Gasteiger partial charge in [-0.3, -0.25) is 18.2 Å². The van der Waals surface area contributed by atoms with Gasteiger partial charge in [0.2, 0.25) is 23.2 Å². The van der Waals surface area contributed by atoms with Crippen LogP contribution < -0.4 is 31.2 Å². The van der Waals surface area contributed by atoms with E-state index in [-0.39, 0.29) is 42.5 Å². The van der Waals surface area contributed by atoms with Crippen molar-refractivity contribution in [1.82, 2.24) is 53.6 Å². The fourth-order valence-electron chi connectivity index (χ4n) is 7.64. The van der Waals surface area contributed by atoms with E-state index in [0.29, 0.717) is 77.3 Å². The molecule has 22 heteroatoms. The van der Waals surface area contributed by atoms with Gasteiger partial charge in [0.15, 0.2) is 0 Å². The average molecular weight is 909 g/mol. The van der Waals surface area contributed by atoms with Gasteiger partial charge in [-0.1, -0.05) is 29.7 Å². The van der Waals surface area contributed by atoms with Crippen LogP contribution in [-0.4, -0.2) is 81.8 Å². The maximum Gasteiger partial charge on any atom is 0.373 e. The van der Waals surface area contributed by atoms with E-state index in [1.165, 1.54) is 19.2 Å². The third kappa shape index (κ3) is 9.19. The van der Waals surface area contributed by atoms with E-state index in [2.05, 4.69) is 68.1 Å². The highest BCUT2D eigenvalue weighted by atomic mass is 19.1. The number of fused-ring (bicyclic) bond motifs is 4. The van der Waals surface area contributed by atoms with Crippen molar-refractivity contribution in [1.29, 1.82) is 0 Å². The molecular weight excluding hydrogens is 867 g/mol. The lowest BCUT2D eigenvalue weighted by molar-refractivity contribution is -0.191. The Morgan fingerprint density at radius 2 is 1.30 bits per heavy atom. The summed E-state index contributed by atoms with van der Waals surface area (Å²) >= 11 is 0. The SMILES string of the molecule is CN.O=C=O.[C-]#[N+]c1cn2c(NCc3c(F)ccc4c3CCO4)ncc(-c3cc(C(=C)NC)nn3C)c2n1.[C-]#[N+]c1cn2c(NCc3c(F)ccc4c3CCO4)ncc(-c3ccnn3C)c2n1. The van der Waals surface area contributed by atoms with Crippen molar-refractivity contribution in [2.24, 2.45) is 19.8 Å². The lowest BCUT2D eigenvalue weighted by Gasteiger charge is -2.12. The number of nitrogens with two attached hydrogens (primary N) is 1. The van der Waals surface area contributed by atoms with Gasteiger partial charge in [0.25, 0.3) is 11.6 Å². The Morgan fingerprint density at radius 1 is 0.806 bits per heavy atom. The Labute approximate surface area is 381 Å². The van der Waals surface area contributed by atoms with E-state index in [1.807, 2.05) is 26.2 Å². The van der Waals surface area contributed by atoms with Gasteiger partial charge in [-0.15, -0.1) is 0 Å². The number of anilines is 2. The molecule has 0 atom stereocenters. The summed E-state index contributed by atoms with van der Waals surface area (Å²) in [6.07, 6.45) is 9.88. The summed E-state index contributed by atoms with van der Waals surface area (Å²) in [6, 6.07) is 9.91. The number of rotatable bonds is 10. The number of aromatic nitrogens is 10. The predicted octanol–water partition coefficient (Wildman–Crippen LogP) is 5.91. The van der Waals surface area contributed by atoms with E-state index < -0.39 is 0 Å². The van der Waals surface area contributed by atoms with Crippen LogP contribution in [0.15, 0.2) is 74.0 Å². The minimum Gasteiger partial charge on any atom is -0.493 e. The Morgan fingerprint density at radius 3 is 1.75 bits per heavy atom. The van der Waals surface area contributed by atoms with Crippen molar-refractivity contribution in [3.8, 4) is 34.0 Å². The Kier molecular flexibility index (Phi) is 13.9. The molecule has 0 saturated heterocycles. The van der Waals surface area contributed by atoms with Crippen LogP contribution in [-0.2, 0) is 49.6 Å². The quantitative estimate of drug-likeness (QED) is 0.117. The molecular formula is C45H42F2N16O4. The maximum atomic E-state index is 14.6. The third-order valence-electron chi connectivity index (χ3n) is 10.8. The predicted molar refractivity (Wildman–Crippen MR) is 242 cm³/mol. The van der Waals surface area contributed by atoms with Gasteiger partial charge in [0.1, 0.15) is 28.8 Å². The first-order valence-electron chi connectivity index (χ1n) is 20.4. The highest BCUT2D eigenvalue weighted by Gasteiger charge is 2.24. The number of hydrogen-bond acceptors (Lipinski definition) is 14. The first-order valence-corrected chi connectivity index (χ1v) is 20.4. The first kappa shape index (κ1) is 46.0. The molecule has 340 valence electrons. The summed E-state index contributed by atoms with van der Waals surface area (Å²) in [6.45, 7) is 20.3. The van der Waals surface area contributed by atoms with Crippen LogP contribution in [0.5, 0.6) is 11.5 Å². The summed E-state index contributed by atoms with van der Waals surface area (Å²) < 4.78 is 46.9. The van der Waals surface area contributed by atoms with Gasteiger partial charge in [0, 0.05) is 100 Å². The van der Waals surface area contributed by atoms with E-state index in [0.717, 1.165) is 39.6 Å². The minimum absolute atomic E-state index is 0.225. The van der Waals surface area contributed by atoms with Gasteiger partial charge in [-0.2, -0.15) is 19.8 Å². The van der Waals surface area contributed by atoms with Crippen molar-refractivity contribution < 1.29 is 27.8 Å². The number of hydrogen-bond donors (Lipinski definition) is 4. The number of halogens is 2. The molecule has 2 aromatic carbocycles. The molecule has 8 heterocycles. The molecule has 2 aliphatic rings. The molecule has 0 amide bonds. The van der Waals surface area contributed by atoms with Crippen molar-refractivity contribution in [3.05, 3.63) is 136 Å². The van der Waals surface area contributed by atoms with E-state index >= 15 is 0 Å². The molecule has 0 saturated carbocycles. The van der Waals surface area contributed by atoms with Gasteiger partial charge in [-0.05, 0) is 43.4 Å². The Hall–Kier alpha value is -8.98. The van der Waals surface area contributed by atoms with E-state index in [9.17, 15) is 8.78 Å². The molecule has 2 aliphatic heterocycles. The van der Waals surface area contributed by atoms with Crippen molar-refractivity contribution in [3.63, 3.8) is 0 Å². The smallest absolute Gasteiger partial charge is 0.373 e. The fraction of sp³-hybridized carbons (Fsp3) is 0.222. The molecule has 6 aromatic heterocycles. The Bertz CT molecular complexity index is 3260. The summed E-state index contributed by atoms with van der Waals surface area (Å²) in [7, 11) is 6.94. The average Bonchev–Trinajstić information content (AvgIpc) is 4.22. The number of nitrogens with zero attached hydrogens (tertiary/aromatic N) is 12. The van der Waals surface area contributed by atoms with E-state index in [4.69, 9.17) is 32.2 Å². The van der Waals surface area contributed by atoms with Crippen molar-refractivity contribution in [2.75, 3.05) is 37.9 Å². The van der Waals surface area contributed by atoms with Crippen LogP contribution in [0.2, 0.25) is 0 Å². The summed E-state index contributed by atoms with van der Waals surface area (Å²) in [5, 5.41) is 18.1. The molecule has 0 unspecified atom stereocenters. The molecule has 0 aliphatic carbocycles. The van der Waals surface area contributed by atoms with Crippen LogP contribution in [0.1, 0.15) is 27.9 Å². The zero-order valence-electron chi connectivity index (χ0n) is 36.6. The highest BCUT2D eigenvalue weighted by Crippen LogP contribution is 2.34. The number of carbonyl (C=O) groups excluding carboxylic acids is 2. The van der Waals surface area contributed by atoms with Crippen LogP contribution in [0.4, 0.5) is 32.3 Å². The first-order chi connectivity index (χ1) is 32.6. The molecule has 0 radical (unpaired) electrons. The van der Waals surface area contributed by atoms with Gasteiger partial charge in [0.05, 0.1) is 41.4 Å². The zero-order valence-corrected chi connectivity index (χ0v) is 36.6. The lowest BCUT2D eigenvalue weighted by atomic mass is 10.0. The summed E-state index contributed by atoms with van der Waals surface area (Å²) in [5.74, 6) is 2.29. The van der Waals surface area contributed by atoms with E-state index in [1.54, 1.807) is 68.3 Å². The molecule has 8 aromatic rings. The standard InChI is InChI=1S/C23H21FN8O.C20H16FN7O.CH5N.CO2/c1-13(25-2)18-9-19(31(4)30-18)16-11-28-23(32-12-21(26-3)29-22(16)32)27-10-15-14-7-8-33-20(14)6-5-17(15)24;1-22-18-11-28-19(26-18)14(16-5-7-25-27(16)2)10-24-20(28)23-9-13-12-6-8-29-17(12)4-3-15(13)21;1-2;2-1-3/h5-6,9,11-12,25H,1,7-8,10H2,2,4H3,(H,27,28);3-5,7,10-11H,6,8-9H2,2H3,(H,23,24);2H2,1H3;. The molecule has 0 spiro atoms. The second-order valence-corrected chi connectivity index (χ2v) is 14.4. The molecule has 10 rings (SSSR count). The second-order valence-electron chi connectivity index (χ2n) is 14.4. The van der Waals surface area contributed by atoms with Crippen LogP contribution >= 0.6 is 0 Å². The molecule has 0 bridgehead atoms. The number of ether oxygens (including phenoxy) is 2. The number of nitrogens with one attached hydrogen (secondary N) is 3. The minimum atomic E-state index is -0.292. The highest BCUT2D eigenvalue weighted by molar-refractivity contribution is 5.80. The van der Waals surface area contributed by atoms with Crippen LogP contribution in [0.25, 0.3) is 49.2 Å². The fourth-order valence-corrected chi connectivity index (χ4v) is 7.64. The zero-order chi connectivity index (χ0) is 47.8. The van der Waals surface area contributed by atoms with Gasteiger partial charge >= 0.3 is 6.15 Å². The summed E-state index contributed by atoms with van der Waals surface area (Å²) in [4.78, 5) is 41.1. The van der Waals surface area contributed by atoms with Crippen LogP contribution in [0, 0.1) is 24.8 Å². The number of benzene rings is 2.